The summed E-state index contributed by atoms with van der Waals surface area (Å²) in [5.41, 5.74) is 2.30. The van der Waals surface area contributed by atoms with Crippen LogP contribution in [0.15, 0.2) is 48.5 Å². The molecule has 3 N–H and O–H groups in total. The molecule has 2 aromatic carbocycles. The Kier molecular flexibility index (Phi) is 4.29. The standard InChI is InChI=1S/C18H16FN3O2/c1-20-17(23)9-11-5-7-12(8-6-11)21-18(24)16-10-13-14(19)3-2-4-15(13)22-16/h2-8,10,22H,9H2,1H3,(H,20,23)(H,21,24). The fraction of sp³-hybridized carbons (Fsp3) is 0.111. The third-order valence-electron chi connectivity index (χ3n) is 3.71. The lowest BCUT2D eigenvalue weighted by Crippen LogP contribution is -2.19. The molecule has 0 saturated carbocycles. The van der Waals surface area contributed by atoms with Gasteiger partial charge in [0.2, 0.25) is 5.91 Å². The van der Waals surface area contributed by atoms with Gasteiger partial charge in [0, 0.05) is 23.6 Å². The number of rotatable bonds is 4. The molecular formula is C18H16FN3O2. The monoisotopic (exact) mass is 325 g/mol. The average molecular weight is 325 g/mol. The lowest BCUT2D eigenvalue weighted by molar-refractivity contribution is -0.119. The minimum Gasteiger partial charge on any atom is -0.359 e. The number of nitrogens with one attached hydrogen (secondary N) is 3. The highest BCUT2D eigenvalue weighted by atomic mass is 19.1. The normalized spacial score (nSPS) is 10.6. The fourth-order valence-corrected chi connectivity index (χ4v) is 2.42. The molecule has 0 unspecified atom stereocenters. The van der Waals surface area contributed by atoms with Gasteiger partial charge in [-0.3, -0.25) is 9.59 Å². The number of hydrogen-bond donors (Lipinski definition) is 3. The van der Waals surface area contributed by atoms with E-state index in [9.17, 15) is 14.0 Å². The summed E-state index contributed by atoms with van der Waals surface area (Å²) in [6.07, 6.45) is 0.284. The Morgan fingerprint density at radius 1 is 1.12 bits per heavy atom. The molecule has 3 aromatic rings. The zero-order valence-corrected chi connectivity index (χ0v) is 13.0. The first-order chi connectivity index (χ1) is 11.6. The number of halogens is 1. The Morgan fingerprint density at radius 2 is 1.88 bits per heavy atom. The third kappa shape index (κ3) is 3.27. The van der Waals surface area contributed by atoms with Crippen molar-refractivity contribution in [3.05, 3.63) is 65.6 Å². The largest absolute Gasteiger partial charge is 0.359 e. The minimum absolute atomic E-state index is 0.0770. The van der Waals surface area contributed by atoms with Gasteiger partial charge in [0.05, 0.1) is 6.42 Å². The maximum Gasteiger partial charge on any atom is 0.272 e. The Bertz CT molecular complexity index is 900. The van der Waals surface area contributed by atoms with Gasteiger partial charge in [-0.1, -0.05) is 18.2 Å². The number of H-pyrrole nitrogens is 1. The van der Waals surface area contributed by atoms with Crippen molar-refractivity contribution in [3.8, 4) is 0 Å². The smallest absolute Gasteiger partial charge is 0.272 e. The van der Waals surface area contributed by atoms with E-state index in [0.717, 1.165) is 5.56 Å². The zero-order valence-electron chi connectivity index (χ0n) is 13.0. The summed E-state index contributed by atoms with van der Waals surface area (Å²) in [6.45, 7) is 0. The highest BCUT2D eigenvalue weighted by Crippen LogP contribution is 2.19. The Hall–Kier alpha value is -3.15. The van der Waals surface area contributed by atoms with E-state index in [1.54, 1.807) is 43.4 Å². The number of carbonyl (C=O) groups is 2. The average Bonchev–Trinajstić information content (AvgIpc) is 3.02. The van der Waals surface area contributed by atoms with Crippen LogP contribution in [0.2, 0.25) is 0 Å². The van der Waals surface area contributed by atoms with Crippen molar-refractivity contribution in [3.63, 3.8) is 0 Å². The lowest BCUT2D eigenvalue weighted by atomic mass is 10.1. The number of anilines is 1. The molecule has 0 atom stereocenters. The third-order valence-corrected chi connectivity index (χ3v) is 3.71. The summed E-state index contributed by atoms with van der Waals surface area (Å²) < 4.78 is 13.7. The molecule has 0 bridgehead atoms. The van der Waals surface area contributed by atoms with E-state index in [2.05, 4.69) is 15.6 Å². The van der Waals surface area contributed by atoms with Crippen molar-refractivity contribution in [2.45, 2.75) is 6.42 Å². The van der Waals surface area contributed by atoms with E-state index in [1.165, 1.54) is 12.1 Å². The van der Waals surface area contributed by atoms with Crippen LogP contribution in [0, 0.1) is 5.82 Å². The molecule has 3 rings (SSSR count). The quantitative estimate of drug-likeness (QED) is 0.690. The van der Waals surface area contributed by atoms with E-state index in [-0.39, 0.29) is 29.7 Å². The first-order valence-corrected chi connectivity index (χ1v) is 7.45. The van der Waals surface area contributed by atoms with Gasteiger partial charge < -0.3 is 15.6 Å². The number of benzene rings is 2. The number of amides is 2. The Labute approximate surface area is 137 Å². The maximum absolute atomic E-state index is 13.7. The summed E-state index contributed by atoms with van der Waals surface area (Å²) in [5, 5.41) is 5.67. The summed E-state index contributed by atoms with van der Waals surface area (Å²) >= 11 is 0. The second-order valence-corrected chi connectivity index (χ2v) is 5.39. The molecule has 24 heavy (non-hydrogen) atoms. The van der Waals surface area contributed by atoms with Gasteiger partial charge in [-0.25, -0.2) is 4.39 Å². The van der Waals surface area contributed by atoms with Crippen LogP contribution in [0.3, 0.4) is 0 Å². The van der Waals surface area contributed by atoms with Crippen molar-refractivity contribution in [1.82, 2.24) is 10.3 Å². The zero-order chi connectivity index (χ0) is 17.1. The molecule has 0 aliphatic carbocycles. The highest BCUT2D eigenvalue weighted by Gasteiger charge is 2.12. The number of aromatic nitrogens is 1. The number of likely N-dealkylation sites (N-methyl/N-ethyl adjacent to an activating group) is 1. The Balaban J connectivity index is 1.74. The molecule has 122 valence electrons. The first kappa shape index (κ1) is 15.7. The lowest BCUT2D eigenvalue weighted by Gasteiger charge is -2.05. The van der Waals surface area contributed by atoms with Crippen LogP contribution in [-0.4, -0.2) is 23.8 Å². The predicted molar refractivity (Wildman–Crippen MR) is 90.4 cm³/mol. The van der Waals surface area contributed by atoms with Crippen molar-refractivity contribution < 1.29 is 14.0 Å². The summed E-state index contributed by atoms with van der Waals surface area (Å²) in [5.74, 6) is -0.808. The van der Waals surface area contributed by atoms with Crippen LogP contribution in [0.1, 0.15) is 16.1 Å². The molecule has 6 heteroatoms. The molecule has 1 aromatic heterocycles. The summed E-state index contributed by atoms with van der Waals surface area (Å²) in [6, 6.07) is 13.1. The molecule has 0 radical (unpaired) electrons. The molecular weight excluding hydrogens is 309 g/mol. The van der Waals surface area contributed by atoms with Crippen molar-refractivity contribution >= 4 is 28.4 Å². The van der Waals surface area contributed by atoms with E-state index in [1.807, 2.05) is 0 Å². The number of carbonyl (C=O) groups excluding carboxylic acids is 2. The minimum atomic E-state index is -0.374. The van der Waals surface area contributed by atoms with Gasteiger partial charge in [0.15, 0.2) is 0 Å². The molecule has 1 heterocycles. The van der Waals surface area contributed by atoms with Crippen LogP contribution >= 0.6 is 0 Å². The van der Waals surface area contributed by atoms with Gasteiger partial charge in [-0.2, -0.15) is 0 Å². The number of aromatic amines is 1. The van der Waals surface area contributed by atoms with Gasteiger partial charge in [0.1, 0.15) is 11.5 Å². The van der Waals surface area contributed by atoms with Crippen molar-refractivity contribution in [2.75, 3.05) is 12.4 Å². The van der Waals surface area contributed by atoms with Gasteiger partial charge in [-0.15, -0.1) is 0 Å². The number of hydrogen-bond acceptors (Lipinski definition) is 2. The van der Waals surface area contributed by atoms with Crippen LogP contribution in [0.4, 0.5) is 10.1 Å². The SMILES string of the molecule is CNC(=O)Cc1ccc(NC(=O)c2cc3c(F)cccc3[nH]2)cc1. The van der Waals surface area contributed by atoms with E-state index in [0.29, 0.717) is 16.6 Å². The van der Waals surface area contributed by atoms with Crippen LogP contribution in [-0.2, 0) is 11.2 Å². The molecule has 5 nitrogen and oxygen atoms in total. The summed E-state index contributed by atoms with van der Waals surface area (Å²) in [4.78, 5) is 26.5. The van der Waals surface area contributed by atoms with Crippen LogP contribution in [0.25, 0.3) is 10.9 Å². The van der Waals surface area contributed by atoms with Crippen LogP contribution < -0.4 is 10.6 Å². The van der Waals surface area contributed by atoms with Gasteiger partial charge in [-0.05, 0) is 35.9 Å². The van der Waals surface area contributed by atoms with Gasteiger partial charge >= 0.3 is 0 Å². The molecule has 0 spiro atoms. The molecule has 0 fully saturated rings. The molecule has 2 amide bonds. The highest BCUT2D eigenvalue weighted by molar-refractivity contribution is 6.06. The predicted octanol–water partition coefficient (Wildman–Crippen LogP) is 2.85. The van der Waals surface area contributed by atoms with Gasteiger partial charge in [0.25, 0.3) is 5.91 Å². The Morgan fingerprint density at radius 3 is 2.54 bits per heavy atom. The van der Waals surface area contributed by atoms with E-state index in [4.69, 9.17) is 0 Å². The van der Waals surface area contributed by atoms with E-state index < -0.39 is 0 Å². The van der Waals surface area contributed by atoms with E-state index >= 15 is 0 Å². The first-order valence-electron chi connectivity index (χ1n) is 7.45. The second-order valence-electron chi connectivity index (χ2n) is 5.39. The maximum atomic E-state index is 13.7. The molecule has 0 saturated heterocycles. The molecule has 0 aliphatic rings. The topological polar surface area (TPSA) is 74.0 Å². The van der Waals surface area contributed by atoms with Crippen molar-refractivity contribution in [2.24, 2.45) is 0 Å². The second kappa shape index (κ2) is 6.54. The van der Waals surface area contributed by atoms with Crippen molar-refractivity contribution in [1.29, 1.82) is 0 Å². The fourth-order valence-electron chi connectivity index (χ4n) is 2.42. The van der Waals surface area contributed by atoms with Crippen LogP contribution in [0.5, 0.6) is 0 Å². The number of fused-ring (bicyclic) bond motifs is 1. The molecule has 0 aliphatic heterocycles. The summed E-state index contributed by atoms with van der Waals surface area (Å²) in [7, 11) is 1.58.